The lowest BCUT2D eigenvalue weighted by molar-refractivity contribution is 0.628. The van der Waals surface area contributed by atoms with E-state index in [1.807, 2.05) is 6.92 Å². The lowest BCUT2D eigenvalue weighted by atomic mass is 10.1. The molecule has 5 heteroatoms. The minimum Gasteiger partial charge on any atom is -0.366 e. The number of nitrogens with zero attached hydrogens (tertiary/aromatic N) is 3. The molecule has 2 aromatic rings. The normalized spacial score (nSPS) is 11.8. The minimum absolute atomic E-state index is 0.332. The Balaban J connectivity index is 2.17. The van der Waals surface area contributed by atoms with Crippen molar-refractivity contribution >= 4 is 5.69 Å². The van der Waals surface area contributed by atoms with E-state index in [9.17, 15) is 4.39 Å². The minimum atomic E-state index is -0.535. The predicted molar refractivity (Wildman–Crippen MR) is 66.3 cm³/mol. The Morgan fingerprint density at radius 3 is 3.00 bits per heavy atom. The highest BCUT2D eigenvalue weighted by Crippen LogP contribution is 2.19. The third-order valence-electron chi connectivity index (χ3n) is 2.58. The molecule has 0 fully saturated rings. The number of rotatable bonds is 4. The van der Waals surface area contributed by atoms with Gasteiger partial charge in [-0.05, 0) is 25.1 Å². The van der Waals surface area contributed by atoms with E-state index in [-0.39, 0.29) is 5.82 Å². The molecule has 92 valence electrons. The summed E-state index contributed by atoms with van der Waals surface area (Å²) in [5.41, 5.74) is 1.34. The molecular weight excluding hydrogens is 231 g/mol. The molecule has 1 aromatic carbocycles. The molecule has 0 bridgehead atoms. The van der Waals surface area contributed by atoms with Gasteiger partial charge in [-0.25, -0.2) is 4.39 Å². The lowest BCUT2D eigenvalue weighted by Crippen LogP contribution is -2.07. The maximum absolute atomic E-state index is 13.0. The lowest BCUT2D eigenvalue weighted by Gasteiger charge is -2.11. The van der Waals surface area contributed by atoms with Crippen LogP contribution in [-0.4, -0.2) is 9.78 Å². The molecule has 18 heavy (non-hydrogen) atoms. The maximum Gasteiger partial charge on any atom is 0.143 e. The van der Waals surface area contributed by atoms with Gasteiger partial charge in [0.15, 0.2) is 0 Å². The van der Waals surface area contributed by atoms with E-state index < -0.39 is 6.04 Å². The zero-order valence-electron chi connectivity index (χ0n) is 9.97. The molecule has 2 rings (SSSR count). The van der Waals surface area contributed by atoms with Crippen molar-refractivity contribution in [3.8, 4) is 6.07 Å². The smallest absolute Gasteiger partial charge is 0.143 e. The van der Waals surface area contributed by atoms with Crippen LogP contribution in [0.15, 0.2) is 36.7 Å². The van der Waals surface area contributed by atoms with Crippen molar-refractivity contribution in [3.63, 3.8) is 0 Å². The number of anilines is 1. The van der Waals surface area contributed by atoms with Gasteiger partial charge in [-0.2, -0.15) is 10.4 Å². The number of hydrogen-bond acceptors (Lipinski definition) is 3. The quantitative estimate of drug-likeness (QED) is 0.899. The SMILES string of the molecule is CCn1cc(C(C#N)Nc2cccc(F)c2)cn1. The molecule has 1 atom stereocenters. The molecule has 0 amide bonds. The van der Waals surface area contributed by atoms with Gasteiger partial charge in [-0.3, -0.25) is 4.68 Å². The van der Waals surface area contributed by atoms with Crippen LogP contribution < -0.4 is 5.32 Å². The van der Waals surface area contributed by atoms with Gasteiger partial charge >= 0.3 is 0 Å². The van der Waals surface area contributed by atoms with Crippen LogP contribution in [0.1, 0.15) is 18.5 Å². The van der Waals surface area contributed by atoms with Gasteiger partial charge in [-0.15, -0.1) is 0 Å². The number of benzene rings is 1. The molecule has 0 saturated heterocycles. The first-order chi connectivity index (χ1) is 8.72. The van der Waals surface area contributed by atoms with E-state index in [1.165, 1.54) is 12.1 Å². The second-order valence-electron chi connectivity index (χ2n) is 3.85. The first-order valence-corrected chi connectivity index (χ1v) is 5.67. The molecule has 0 radical (unpaired) electrons. The van der Waals surface area contributed by atoms with Crippen molar-refractivity contribution in [2.24, 2.45) is 0 Å². The maximum atomic E-state index is 13.0. The highest BCUT2D eigenvalue weighted by Gasteiger charge is 2.12. The molecule has 1 heterocycles. The van der Waals surface area contributed by atoms with E-state index in [0.717, 1.165) is 12.1 Å². The Morgan fingerprint density at radius 1 is 1.56 bits per heavy atom. The average molecular weight is 244 g/mol. The van der Waals surface area contributed by atoms with Crippen LogP contribution in [0.2, 0.25) is 0 Å². The van der Waals surface area contributed by atoms with Crippen molar-refractivity contribution in [1.82, 2.24) is 9.78 Å². The fourth-order valence-electron chi connectivity index (χ4n) is 1.64. The fourth-order valence-corrected chi connectivity index (χ4v) is 1.64. The second-order valence-corrected chi connectivity index (χ2v) is 3.85. The van der Waals surface area contributed by atoms with Crippen molar-refractivity contribution in [3.05, 3.63) is 48.0 Å². The van der Waals surface area contributed by atoms with Crippen LogP contribution in [-0.2, 0) is 6.54 Å². The van der Waals surface area contributed by atoms with E-state index in [4.69, 9.17) is 5.26 Å². The second kappa shape index (κ2) is 5.32. The standard InChI is InChI=1S/C13H13FN4/c1-2-18-9-10(8-16-18)13(7-15)17-12-5-3-4-11(14)6-12/h3-6,8-9,13,17H,2H2,1H3. The van der Waals surface area contributed by atoms with Crippen LogP contribution >= 0.6 is 0 Å². The van der Waals surface area contributed by atoms with Gasteiger partial charge in [0.2, 0.25) is 0 Å². The van der Waals surface area contributed by atoms with E-state index in [1.54, 1.807) is 29.2 Å². The van der Waals surface area contributed by atoms with Gasteiger partial charge in [0.05, 0.1) is 12.3 Å². The molecular formula is C13H13FN4. The first kappa shape index (κ1) is 12.1. The van der Waals surface area contributed by atoms with E-state index in [2.05, 4.69) is 16.5 Å². The van der Waals surface area contributed by atoms with Crippen LogP contribution in [0.4, 0.5) is 10.1 Å². The summed E-state index contributed by atoms with van der Waals surface area (Å²) in [6.07, 6.45) is 3.45. The summed E-state index contributed by atoms with van der Waals surface area (Å²) in [4.78, 5) is 0. The largest absolute Gasteiger partial charge is 0.366 e. The number of nitriles is 1. The first-order valence-electron chi connectivity index (χ1n) is 5.67. The van der Waals surface area contributed by atoms with Gasteiger partial charge < -0.3 is 5.32 Å². The molecule has 0 aliphatic carbocycles. The topological polar surface area (TPSA) is 53.6 Å². The highest BCUT2D eigenvalue weighted by atomic mass is 19.1. The van der Waals surface area contributed by atoms with Gasteiger partial charge in [0, 0.05) is 24.0 Å². The molecule has 1 aromatic heterocycles. The van der Waals surface area contributed by atoms with Gasteiger partial charge in [0.1, 0.15) is 11.9 Å². The molecule has 1 unspecified atom stereocenters. The molecule has 1 N–H and O–H groups in total. The summed E-state index contributed by atoms with van der Waals surface area (Å²) >= 11 is 0. The third kappa shape index (κ3) is 2.66. The average Bonchev–Trinajstić information content (AvgIpc) is 2.84. The van der Waals surface area contributed by atoms with Crippen LogP contribution in [0.5, 0.6) is 0 Å². The molecule has 0 saturated carbocycles. The summed E-state index contributed by atoms with van der Waals surface area (Å²) < 4.78 is 14.8. The zero-order valence-corrected chi connectivity index (χ0v) is 9.97. The van der Waals surface area contributed by atoms with Crippen LogP contribution in [0.3, 0.4) is 0 Å². The van der Waals surface area contributed by atoms with E-state index >= 15 is 0 Å². The number of halogens is 1. The number of aromatic nitrogens is 2. The summed E-state index contributed by atoms with van der Waals surface area (Å²) in [6, 6.07) is 7.64. The highest BCUT2D eigenvalue weighted by molar-refractivity contribution is 5.47. The Morgan fingerprint density at radius 2 is 2.39 bits per heavy atom. The Bertz CT molecular complexity index is 570. The molecule has 0 aliphatic heterocycles. The summed E-state index contributed by atoms with van der Waals surface area (Å²) in [6.45, 7) is 2.72. The predicted octanol–water partition coefficient (Wildman–Crippen LogP) is 2.72. The van der Waals surface area contributed by atoms with Crippen molar-refractivity contribution < 1.29 is 4.39 Å². The fraction of sp³-hybridized carbons (Fsp3) is 0.231. The van der Waals surface area contributed by atoms with Crippen LogP contribution in [0, 0.1) is 17.1 Å². The van der Waals surface area contributed by atoms with Crippen LogP contribution in [0.25, 0.3) is 0 Å². The molecule has 4 nitrogen and oxygen atoms in total. The van der Waals surface area contributed by atoms with Gasteiger partial charge in [0.25, 0.3) is 0 Å². The van der Waals surface area contributed by atoms with E-state index in [0.29, 0.717) is 5.69 Å². The molecule has 0 aliphatic rings. The number of nitrogens with one attached hydrogen (secondary N) is 1. The third-order valence-corrected chi connectivity index (χ3v) is 2.58. The van der Waals surface area contributed by atoms with Crippen molar-refractivity contribution in [2.75, 3.05) is 5.32 Å². The Kier molecular flexibility index (Phi) is 3.58. The summed E-state index contributed by atoms with van der Waals surface area (Å²) in [7, 11) is 0. The number of hydrogen-bond donors (Lipinski definition) is 1. The Hall–Kier alpha value is -2.35. The summed E-state index contributed by atoms with van der Waals surface area (Å²) in [5.74, 6) is -0.332. The zero-order chi connectivity index (χ0) is 13.0. The summed E-state index contributed by atoms with van der Waals surface area (Å²) in [5, 5.41) is 16.2. The van der Waals surface area contributed by atoms with Gasteiger partial charge in [-0.1, -0.05) is 6.07 Å². The van der Waals surface area contributed by atoms with Crippen molar-refractivity contribution in [1.29, 1.82) is 5.26 Å². The van der Waals surface area contributed by atoms with Crippen molar-refractivity contribution in [2.45, 2.75) is 19.5 Å². The molecule has 0 spiro atoms. The Labute approximate surface area is 105 Å². The number of aryl methyl sites for hydroxylation is 1. The monoisotopic (exact) mass is 244 g/mol.